The van der Waals surface area contributed by atoms with E-state index in [-0.39, 0.29) is 77.2 Å². The maximum atomic E-state index is 8.52. The summed E-state index contributed by atoms with van der Waals surface area (Å²) in [5, 5.41) is 0. The third-order valence-electron chi connectivity index (χ3n) is 0. The molecule has 0 radical (unpaired) electrons. The summed E-state index contributed by atoms with van der Waals surface area (Å²) in [6.45, 7) is 0. The number of hydrogen-bond donors (Lipinski definition) is 0. The van der Waals surface area contributed by atoms with Crippen LogP contribution in [0.3, 0.4) is 0 Å². The van der Waals surface area contributed by atoms with E-state index in [0.717, 1.165) is 0 Å². The second-order valence-corrected chi connectivity index (χ2v) is 2.25. The van der Waals surface area contributed by atoms with Gasteiger partial charge in [0.05, 0.1) is 0 Å². The molecule has 0 rings (SSSR count). The SMILES string of the molecule is O=[PH]([O-])[O-].O=[PH]([O-])[O-].O=[PH]([O-])[O-].[Tb+3].[Tb+3]. The van der Waals surface area contributed by atoms with Gasteiger partial charge in [-0.2, -0.15) is 0 Å². The van der Waals surface area contributed by atoms with Crippen LogP contribution in [0.15, 0.2) is 0 Å². The Kier molecular flexibility index (Phi) is 54.0. The van der Waals surface area contributed by atoms with Crippen LogP contribution in [0.2, 0.25) is 0 Å². The van der Waals surface area contributed by atoms with Crippen LogP contribution in [0.5, 0.6) is 0 Å². The molecule has 0 aliphatic rings. The smallest absolute Gasteiger partial charge is 0.813 e. The van der Waals surface area contributed by atoms with Gasteiger partial charge in [0.2, 0.25) is 0 Å². The fraction of sp³-hybridized carbons (Fsp3) is 0. The summed E-state index contributed by atoms with van der Waals surface area (Å²) >= 11 is 0. The van der Waals surface area contributed by atoms with Gasteiger partial charge >= 0.3 is 77.2 Å². The van der Waals surface area contributed by atoms with E-state index in [9.17, 15) is 0 Å². The molecule has 14 heavy (non-hydrogen) atoms. The zero-order chi connectivity index (χ0) is 10.7. The molecule has 0 saturated heterocycles. The normalized spacial score (nSPS) is 7.50. The monoisotopic (exact) mass is 558 g/mol. The first-order valence-electron chi connectivity index (χ1n) is 1.84. The molecule has 14 heteroatoms. The Bertz CT molecular complexity index is 116. The van der Waals surface area contributed by atoms with E-state index in [4.69, 9.17) is 43.1 Å². The van der Waals surface area contributed by atoms with E-state index >= 15 is 0 Å². The van der Waals surface area contributed by atoms with Crippen LogP contribution in [-0.4, -0.2) is 0 Å². The zero-order valence-corrected chi connectivity index (χ0v) is 13.1. The Morgan fingerprint density at radius 3 is 0.500 bits per heavy atom. The van der Waals surface area contributed by atoms with Gasteiger partial charge in [0, 0.05) is 0 Å². The average molecular weight is 558 g/mol. The Morgan fingerprint density at radius 1 is 0.500 bits per heavy atom. The van der Waals surface area contributed by atoms with E-state index in [1.807, 2.05) is 0 Å². The Morgan fingerprint density at radius 2 is 0.500 bits per heavy atom. The van der Waals surface area contributed by atoms with Gasteiger partial charge in [0.15, 0.2) is 0 Å². The van der Waals surface area contributed by atoms with Crippen LogP contribution in [0.1, 0.15) is 0 Å². The van der Waals surface area contributed by atoms with E-state index in [1.54, 1.807) is 0 Å². The molecular formula is H3O9P3Tb2. The second-order valence-electron chi connectivity index (χ2n) is 0.750. The fourth-order valence-electron chi connectivity index (χ4n) is 0. The Labute approximate surface area is 143 Å². The molecule has 9 nitrogen and oxygen atoms in total. The standard InChI is InChI=1S/3H3O3P.2Tb/c3*1-4(2)3;;/h3*4H,(H2,1,2,3);;/q;;;2*+3/p-6. The zero-order valence-electron chi connectivity index (χ0n) is 5.84. The van der Waals surface area contributed by atoms with Crippen molar-refractivity contribution in [1.82, 2.24) is 0 Å². The fourth-order valence-corrected chi connectivity index (χ4v) is 0. The van der Waals surface area contributed by atoms with Crippen LogP contribution < -0.4 is 29.4 Å². The molecule has 0 aromatic rings. The molecule has 0 aromatic heterocycles. The summed E-state index contributed by atoms with van der Waals surface area (Å²) in [5.74, 6) is 0. The Balaban J connectivity index is -0.0000000270. The Hall–Kier alpha value is 3.02. The van der Waals surface area contributed by atoms with Crippen molar-refractivity contribution in [3.63, 3.8) is 0 Å². The van der Waals surface area contributed by atoms with Crippen molar-refractivity contribution in [2.45, 2.75) is 0 Å². The van der Waals surface area contributed by atoms with Crippen LogP contribution in [0.4, 0.5) is 0 Å². The summed E-state index contributed by atoms with van der Waals surface area (Å²) in [6, 6.07) is 0. The first-order valence-corrected chi connectivity index (χ1v) is 5.51. The van der Waals surface area contributed by atoms with E-state index in [0.29, 0.717) is 0 Å². The van der Waals surface area contributed by atoms with Gasteiger partial charge in [-0.05, 0) is 0 Å². The van der Waals surface area contributed by atoms with Crippen molar-refractivity contribution in [2.75, 3.05) is 0 Å². The van der Waals surface area contributed by atoms with Gasteiger partial charge < -0.3 is 43.1 Å². The van der Waals surface area contributed by atoms with Gasteiger partial charge in [-0.25, -0.2) is 0 Å². The second kappa shape index (κ2) is 25.0. The molecule has 0 spiro atoms. The third-order valence-corrected chi connectivity index (χ3v) is 0. The molecule has 0 aliphatic carbocycles. The molecule has 0 aromatic carbocycles. The van der Waals surface area contributed by atoms with E-state index in [2.05, 4.69) is 0 Å². The van der Waals surface area contributed by atoms with Gasteiger partial charge in [-0.15, -0.1) is 0 Å². The number of hydrogen-bond acceptors (Lipinski definition) is 9. The quantitative estimate of drug-likeness (QED) is 0.261. The largest absolute Gasteiger partial charge is 3.00 e. The molecule has 0 atom stereocenters. The minimum atomic E-state index is -3.63. The van der Waals surface area contributed by atoms with Crippen LogP contribution >= 0.6 is 24.8 Å². The molecule has 0 amide bonds. The summed E-state index contributed by atoms with van der Waals surface area (Å²) in [4.78, 5) is 51.1. The summed E-state index contributed by atoms with van der Waals surface area (Å²) in [7, 11) is -10.9. The molecule has 0 N–H and O–H groups in total. The van der Waals surface area contributed by atoms with Crippen LogP contribution in [0, 0.1) is 77.2 Å². The van der Waals surface area contributed by atoms with E-state index < -0.39 is 24.8 Å². The van der Waals surface area contributed by atoms with Crippen molar-refractivity contribution in [1.29, 1.82) is 0 Å². The van der Waals surface area contributed by atoms with Crippen molar-refractivity contribution >= 4 is 24.8 Å². The molecule has 0 heterocycles. The maximum Gasteiger partial charge on any atom is 3.00 e. The molecule has 0 bridgehead atoms. The molecule has 0 unspecified atom stereocenters. The predicted molar refractivity (Wildman–Crippen MR) is 27.0 cm³/mol. The molecule has 0 fully saturated rings. The van der Waals surface area contributed by atoms with Crippen molar-refractivity contribution in [3.8, 4) is 0 Å². The average Bonchev–Trinajstić information content (AvgIpc) is 1.54. The van der Waals surface area contributed by atoms with Crippen molar-refractivity contribution in [3.05, 3.63) is 0 Å². The van der Waals surface area contributed by atoms with Gasteiger partial charge in [-0.1, -0.05) is 24.8 Å². The minimum absolute atomic E-state index is 0. The van der Waals surface area contributed by atoms with Gasteiger partial charge in [0.25, 0.3) is 0 Å². The number of rotatable bonds is 0. The topological polar surface area (TPSA) is 190 Å². The summed E-state index contributed by atoms with van der Waals surface area (Å²) in [5.41, 5.74) is 0. The molecule has 0 saturated carbocycles. The molecule has 0 aliphatic heterocycles. The first kappa shape index (κ1) is 30.2. The van der Waals surface area contributed by atoms with Gasteiger partial charge in [0.1, 0.15) is 0 Å². The summed E-state index contributed by atoms with van der Waals surface area (Å²) in [6.07, 6.45) is 0. The molecule has 90 valence electrons. The van der Waals surface area contributed by atoms with Gasteiger partial charge in [-0.3, -0.25) is 0 Å². The molecular weight excluding hydrogens is 555 g/mol. The van der Waals surface area contributed by atoms with Crippen LogP contribution in [0.25, 0.3) is 0 Å². The summed E-state index contributed by atoms with van der Waals surface area (Å²) < 4.78 is 25.6. The maximum absolute atomic E-state index is 8.52. The predicted octanol–water partition coefficient (Wildman–Crippen LogP) is -5.71. The van der Waals surface area contributed by atoms with Crippen molar-refractivity contribution < 1.29 is 120 Å². The third kappa shape index (κ3) is 323. The first-order chi connectivity index (χ1) is 5.20. The van der Waals surface area contributed by atoms with E-state index in [1.165, 1.54) is 0 Å². The van der Waals surface area contributed by atoms with Crippen molar-refractivity contribution in [2.24, 2.45) is 0 Å². The van der Waals surface area contributed by atoms with Crippen LogP contribution in [-0.2, 0) is 13.7 Å². The minimum Gasteiger partial charge on any atom is -0.813 e.